The zero-order chi connectivity index (χ0) is 11.5. The lowest BCUT2D eigenvalue weighted by Gasteiger charge is -2.31. The molecule has 3 amide bonds. The quantitative estimate of drug-likeness (QED) is 0.462. The summed E-state index contributed by atoms with van der Waals surface area (Å²) in [4.78, 5) is 36.7. The lowest BCUT2D eigenvalue weighted by Crippen LogP contribution is -2.52. The summed E-state index contributed by atoms with van der Waals surface area (Å²) >= 11 is 0. The summed E-state index contributed by atoms with van der Waals surface area (Å²) < 4.78 is 0. The van der Waals surface area contributed by atoms with Gasteiger partial charge in [-0.05, 0) is 12.8 Å². The summed E-state index contributed by atoms with van der Waals surface area (Å²) in [6.45, 7) is 1.89. The fourth-order valence-corrected chi connectivity index (χ4v) is 1.65. The van der Waals surface area contributed by atoms with Crippen LogP contribution in [0.3, 0.4) is 0 Å². The number of nitrogens with zero attached hydrogens (tertiary/aromatic N) is 2. The molecule has 0 radical (unpaired) electrons. The lowest BCUT2D eigenvalue weighted by atomic mass is 10.3. The van der Waals surface area contributed by atoms with Crippen molar-refractivity contribution >= 4 is 18.2 Å². The minimum Gasteiger partial charge on any atom is -0.345 e. The van der Waals surface area contributed by atoms with E-state index in [0.29, 0.717) is 26.2 Å². The molecule has 0 aromatic carbocycles. The Morgan fingerprint density at radius 1 is 1.12 bits per heavy atom. The highest BCUT2D eigenvalue weighted by Gasteiger charge is 2.30. The molecule has 6 heteroatoms. The smallest absolute Gasteiger partial charge is 0.312 e. The van der Waals surface area contributed by atoms with E-state index in [9.17, 15) is 14.4 Å². The average molecular weight is 225 g/mol. The van der Waals surface area contributed by atoms with Crippen LogP contribution in [0.25, 0.3) is 0 Å². The van der Waals surface area contributed by atoms with Crippen LogP contribution in [0.2, 0.25) is 0 Å². The van der Waals surface area contributed by atoms with Gasteiger partial charge in [-0.1, -0.05) is 0 Å². The number of piperazine rings is 1. The van der Waals surface area contributed by atoms with Crippen molar-refractivity contribution in [2.45, 2.75) is 18.9 Å². The Bertz CT molecular complexity index is 306. The minimum atomic E-state index is -0.512. The number of nitrogens with one attached hydrogen (secondary N) is 1. The Morgan fingerprint density at radius 3 is 2.25 bits per heavy atom. The standard InChI is InChI=1S/C10H15N3O3/c14-7-12-3-5-13(6-4-12)10(16)9(15)11-8-1-2-8/h7-8H,1-6H2,(H,11,15). The topological polar surface area (TPSA) is 69.7 Å². The first-order chi connectivity index (χ1) is 7.70. The fraction of sp³-hybridized carbons (Fsp3) is 0.700. The van der Waals surface area contributed by atoms with Crippen LogP contribution >= 0.6 is 0 Å². The third-order valence-electron chi connectivity index (χ3n) is 2.86. The van der Waals surface area contributed by atoms with E-state index in [4.69, 9.17) is 0 Å². The summed E-state index contributed by atoms with van der Waals surface area (Å²) in [5.41, 5.74) is 0. The third kappa shape index (κ3) is 2.50. The summed E-state index contributed by atoms with van der Waals surface area (Å²) in [5.74, 6) is -0.987. The van der Waals surface area contributed by atoms with E-state index >= 15 is 0 Å². The van der Waals surface area contributed by atoms with Gasteiger partial charge in [0, 0.05) is 32.2 Å². The molecule has 1 heterocycles. The van der Waals surface area contributed by atoms with Gasteiger partial charge in [-0.15, -0.1) is 0 Å². The molecule has 88 valence electrons. The van der Waals surface area contributed by atoms with Gasteiger partial charge in [0.1, 0.15) is 0 Å². The largest absolute Gasteiger partial charge is 0.345 e. The van der Waals surface area contributed by atoms with E-state index in [2.05, 4.69) is 5.32 Å². The van der Waals surface area contributed by atoms with Crippen LogP contribution in [0, 0.1) is 0 Å². The number of rotatable bonds is 2. The van der Waals surface area contributed by atoms with Crippen LogP contribution in [-0.4, -0.2) is 60.2 Å². The van der Waals surface area contributed by atoms with Crippen LogP contribution in [0.5, 0.6) is 0 Å². The average Bonchev–Trinajstić information content (AvgIpc) is 3.12. The maximum atomic E-state index is 11.7. The van der Waals surface area contributed by atoms with Crippen molar-refractivity contribution in [2.24, 2.45) is 0 Å². The number of carbonyl (C=O) groups is 3. The Hall–Kier alpha value is -1.59. The van der Waals surface area contributed by atoms with Crippen molar-refractivity contribution < 1.29 is 14.4 Å². The fourth-order valence-electron chi connectivity index (χ4n) is 1.65. The van der Waals surface area contributed by atoms with Crippen molar-refractivity contribution in [2.75, 3.05) is 26.2 Å². The Kier molecular flexibility index (Phi) is 3.07. The summed E-state index contributed by atoms with van der Waals surface area (Å²) in [7, 11) is 0. The highest BCUT2D eigenvalue weighted by atomic mass is 16.2. The molecule has 0 aromatic rings. The monoisotopic (exact) mass is 225 g/mol. The molecule has 1 saturated carbocycles. The first kappa shape index (κ1) is 10.9. The molecule has 0 unspecified atom stereocenters. The van der Waals surface area contributed by atoms with Crippen molar-refractivity contribution in [1.82, 2.24) is 15.1 Å². The van der Waals surface area contributed by atoms with Crippen LogP contribution in [0.1, 0.15) is 12.8 Å². The van der Waals surface area contributed by atoms with Crippen LogP contribution in [-0.2, 0) is 14.4 Å². The van der Waals surface area contributed by atoms with Crippen molar-refractivity contribution in [1.29, 1.82) is 0 Å². The predicted molar refractivity (Wildman–Crippen MR) is 55.4 cm³/mol. The zero-order valence-electron chi connectivity index (χ0n) is 9.02. The van der Waals surface area contributed by atoms with Crippen LogP contribution in [0.15, 0.2) is 0 Å². The molecule has 0 bridgehead atoms. The summed E-state index contributed by atoms with van der Waals surface area (Å²) in [5, 5.41) is 2.66. The maximum absolute atomic E-state index is 11.7. The van der Waals surface area contributed by atoms with Crippen molar-refractivity contribution in [3.8, 4) is 0 Å². The first-order valence-electron chi connectivity index (χ1n) is 5.50. The number of carbonyl (C=O) groups excluding carboxylic acids is 3. The second-order valence-corrected chi connectivity index (χ2v) is 4.18. The van der Waals surface area contributed by atoms with Gasteiger partial charge in [-0.25, -0.2) is 0 Å². The van der Waals surface area contributed by atoms with Crippen LogP contribution < -0.4 is 5.32 Å². The van der Waals surface area contributed by atoms with Crippen molar-refractivity contribution in [3.05, 3.63) is 0 Å². The van der Waals surface area contributed by atoms with Crippen molar-refractivity contribution in [3.63, 3.8) is 0 Å². The predicted octanol–water partition coefficient (Wildman–Crippen LogP) is -1.43. The molecular weight excluding hydrogens is 210 g/mol. The number of hydrogen-bond acceptors (Lipinski definition) is 3. The van der Waals surface area contributed by atoms with E-state index in [1.807, 2.05) is 0 Å². The molecule has 2 rings (SSSR count). The van der Waals surface area contributed by atoms with Gasteiger partial charge in [-0.3, -0.25) is 14.4 Å². The van der Waals surface area contributed by atoms with Crippen LogP contribution in [0.4, 0.5) is 0 Å². The molecular formula is C10H15N3O3. The second-order valence-electron chi connectivity index (χ2n) is 4.18. The Morgan fingerprint density at radius 2 is 1.75 bits per heavy atom. The van der Waals surface area contributed by atoms with Gasteiger partial charge in [0.05, 0.1) is 0 Å². The molecule has 1 saturated heterocycles. The lowest BCUT2D eigenvalue weighted by molar-refractivity contribution is -0.147. The minimum absolute atomic E-state index is 0.202. The van der Waals surface area contributed by atoms with E-state index < -0.39 is 11.8 Å². The Balaban J connectivity index is 1.80. The Labute approximate surface area is 93.6 Å². The first-order valence-corrected chi connectivity index (χ1v) is 5.50. The van der Waals surface area contributed by atoms with E-state index in [0.717, 1.165) is 19.3 Å². The number of amides is 3. The molecule has 1 aliphatic carbocycles. The normalized spacial score (nSPS) is 20.5. The van der Waals surface area contributed by atoms with Gasteiger partial charge >= 0.3 is 11.8 Å². The van der Waals surface area contributed by atoms with Gasteiger partial charge in [0.25, 0.3) is 0 Å². The zero-order valence-corrected chi connectivity index (χ0v) is 9.02. The summed E-state index contributed by atoms with van der Waals surface area (Å²) in [6, 6.07) is 0.202. The third-order valence-corrected chi connectivity index (χ3v) is 2.86. The highest BCUT2D eigenvalue weighted by Crippen LogP contribution is 2.18. The molecule has 0 aromatic heterocycles. The van der Waals surface area contributed by atoms with E-state index in [1.54, 1.807) is 4.90 Å². The second kappa shape index (κ2) is 4.51. The molecule has 1 aliphatic heterocycles. The molecule has 16 heavy (non-hydrogen) atoms. The van der Waals surface area contributed by atoms with E-state index in [1.165, 1.54) is 4.90 Å². The van der Waals surface area contributed by atoms with E-state index in [-0.39, 0.29) is 6.04 Å². The molecule has 1 N–H and O–H groups in total. The number of hydrogen-bond donors (Lipinski definition) is 1. The molecule has 2 aliphatic rings. The van der Waals surface area contributed by atoms with Gasteiger partial charge in [0.15, 0.2) is 0 Å². The molecule has 0 spiro atoms. The van der Waals surface area contributed by atoms with Gasteiger partial charge < -0.3 is 15.1 Å². The molecule has 2 fully saturated rings. The SMILES string of the molecule is O=CN1CCN(C(=O)C(=O)NC2CC2)CC1. The highest BCUT2D eigenvalue weighted by molar-refractivity contribution is 6.35. The van der Waals surface area contributed by atoms with Gasteiger partial charge in [0.2, 0.25) is 6.41 Å². The maximum Gasteiger partial charge on any atom is 0.312 e. The summed E-state index contributed by atoms with van der Waals surface area (Å²) in [6.07, 6.45) is 2.71. The molecule has 6 nitrogen and oxygen atoms in total. The molecule has 0 atom stereocenters. The van der Waals surface area contributed by atoms with Gasteiger partial charge in [-0.2, -0.15) is 0 Å².